The molecule has 0 spiro atoms. The molecule has 4 aromatic rings. The van der Waals surface area contributed by atoms with Gasteiger partial charge in [0.2, 0.25) is 5.88 Å². The third-order valence-corrected chi connectivity index (χ3v) is 5.85. The van der Waals surface area contributed by atoms with Crippen LogP contribution in [0, 0.1) is 0 Å². The van der Waals surface area contributed by atoms with Crippen molar-refractivity contribution in [3.8, 4) is 5.88 Å². The molecule has 0 bridgehead atoms. The van der Waals surface area contributed by atoms with Gasteiger partial charge in [0, 0.05) is 29.4 Å². The Morgan fingerprint density at radius 1 is 1.19 bits per heavy atom. The van der Waals surface area contributed by atoms with Crippen molar-refractivity contribution in [3.63, 3.8) is 0 Å². The van der Waals surface area contributed by atoms with Crippen molar-refractivity contribution in [2.75, 3.05) is 26.1 Å². The van der Waals surface area contributed by atoms with Gasteiger partial charge in [-0.05, 0) is 31.2 Å². The molecule has 10 heteroatoms. The number of morpholine rings is 1. The summed E-state index contributed by atoms with van der Waals surface area (Å²) in [6.45, 7) is 2.75. The largest absolute Gasteiger partial charge is 0.480 e. The lowest BCUT2D eigenvalue weighted by Gasteiger charge is -2.40. The molecule has 0 saturated carbocycles. The van der Waals surface area contributed by atoms with E-state index >= 15 is 0 Å². The smallest absolute Gasteiger partial charge is 0.254 e. The van der Waals surface area contributed by atoms with Gasteiger partial charge in [0.05, 0.1) is 49.8 Å². The van der Waals surface area contributed by atoms with E-state index in [1.807, 2.05) is 37.1 Å². The van der Waals surface area contributed by atoms with Crippen LogP contribution in [0.5, 0.6) is 5.88 Å². The van der Waals surface area contributed by atoms with Crippen molar-refractivity contribution >= 4 is 33.5 Å². The first-order valence-electron chi connectivity index (χ1n) is 10.3. The summed E-state index contributed by atoms with van der Waals surface area (Å²) in [5, 5.41) is 14.3. The fourth-order valence-electron chi connectivity index (χ4n) is 4.26. The zero-order chi connectivity index (χ0) is 22.4. The minimum absolute atomic E-state index is 0.112. The Morgan fingerprint density at radius 3 is 2.78 bits per heavy atom. The summed E-state index contributed by atoms with van der Waals surface area (Å²) in [5.41, 5.74) is 8.78. The van der Waals surface area contributed by atoms with E-state index in [1.165, 1.54) is 7.11 Å². The second kappa shape index (κ2) is 7.72. The molecule has 4 heterocycles. The normalized spacial score (nSPS) is 18.9. The number of hydrogen-bond acceptors (Lipinski definition) is 8. The Hall–Kier alpha value is -3.79. The van der Waals surface area contributed by atoms with E-state index in [0.29, 0.717) is 41.7 Å². The lowest BCUT2D eigenvalue weighted by atomic mass is 10.0. The summed E-state index contributed by atoms with van der Waals surface area (Å²) in [6, 6.07) is 8.50. The van der Waals surface area contributed by atoms with Crippen LogP contribution < -0.4 is 10.5 Å². The molecule has 5 rings (SSSR count). The highest BCUT2D eigenvalue weighted by Crippen LogP contribution is 2.31. The van der Waals surface area contributed by atoms with Crippen LogP contribution in [-0.2, 0) is 11.8 Å². The van der Waals surface area contributed by atoms with E-state index in [-0.39, 0.29) is 18.0 Å². The molecule has 1 aliphatic heterocycles. The maximum atomic E-state index is 13.7. The Kier molecular flexibility index (Phi) is 4.86. The first-order valence-corrected chi connectivity index (χ1v) is 10.3. The molecule has 0 unspecified atom stereocenters. The maximum Gasteiger partial charge on any atom is 0.254 e. The second-order valence-electron chi connectivity index (χ2n) is 7.87. The van der Waals surface area contributed by atoms with Crippen LogP contribution in [0.3, 0.4) is 0 Å². The van der Waals surface area contributed by atoms with Crippen LogP contribution >= 0.6 is 0 Å². The summed E-state index contributed by atoms with van der Waals surface area (Å²) in [4.78, 5) is 20.0. The number of amides is 1. The van der Waals surface area contributed by atoms with Crippen molar-refractivity contribution in [3.05, 3.63) is 47.8 Å². The zero-order valence-electron chi connectivity index (χ0n) is 18.0. The monoisotopic (exact) mass is 433 g/mol. The molecular formula is C22H23N7O3. The second-order valence-corrected chi connectivity index (χ2v) is 7.87. The summed E-state index contributed by atoms with van der Waals surface area (Å²) < 4.78 is 12.5. The van der Waals surface area contributed by atoms with Crippen molar-refractivity contribution in [1.29, 1.82) is 0 Å². The molecule has 0 aliphatic carbocycles. The van der Waals surface area contributed by atoms with Crippen LogP contribution in [-0.4, -0.2) is 62.1 Å². The van der Waals surface area contributed by atoms with E-state index in [0.717, 1.165) is 16.3 Å². The van der Waals surface area contributed by atoms with Gasteiger partial charge < -0.3 is 20.1 Å². The quantitative estimate of drug-likeness (QED) is 0.521. The molecule has 1 aromatic carbocycles. The molecule has 1 saturated heterocycles. The summed E-state index contributed by atoms with van der Waals surface area (Å²) in [5.74, 6) is 0.712. The fourth-order valence-corrected chi connectivity index (χ4v) is 4.26. The van der Waals surface area contributed by atoms with Crippen LogP contribution in [0.15, 0.2) is 36.5 Å². The van der Waals surface area contributed by atoms with Gasteiger partial charge in [-0.1, -0.05) is 0 Å². The van der Waals surface area contributed by atoms with Crippen molar-refractivity contribution in [2.45, 2.75) is 19.0 Å². The standard InChI is InChI=1S/C22H23N7O3/c1-12-10-32-11-18(17-6-7-19(31-3)27-26-17)29(12)22(30)13-4-5-16-14(8-13)15-9-24-28(2)20(15)21(23)25-16/h4-9,12,18H,10-11H2,1-3H3,(H2,23,25)/t12-,18-/m1/s1. The van der Waals surface area contributed by atoms with Gasteiger partial charge in [-0.25, -0.2) is 4.98 Å². The van der Waals surface area contributed by atoms with Gasteiger partial charge in [-0.3, -0.25) is 9.48 Å². The maximum absolute atomic E-state index is 13.7. The number of benzene rings is 1. The van der Waals surface area contributed by atoms with Crippen molar-refractivity contribution in [2.24, 2.45) is 7.05 Å². The number of nitrogens with zero attached hydrogens (tertiary/aromatic N) is 6. The molecule has 2 N–H and O–H groups in total. The van der Waals surface area contributed by atoms with E-state index in [9.17, 15) is 4.79 Å². The Labute approximate surface area is 183 Å². The molecule has 0 radical (unpaired) electrons. The van der Waals surface area contributed by atoms with Gasteiger partial charge >= 0.3 is 0 Å². The minimum Gasteiger partial charge on any atom is -0.480 e. The number of nitrogens with two attached hydrogens (primary N) is 1. The average Bonchev–Trinajstić information content (AvgIpc) is 3.21. The number of aromatic nitrogens is 5. The number of methoxy groups -OCH3 is 1. The number of ether oxygens (including phenoxy) is 2. The first kappa shape index (κ1) is 20.1. The molecule has 1 fully saturated rings. The van der Waals surface area contributed by atoms with E-state index in [4.69, 9.17) is 15.2 Å². The van der Waals surface area contributed by atoms with Gasteiger partial charge in [0.25, 0.3) is 5.91 Å². The lowest BCUT2D eigenvalue weighted by molar-refractivity contribution is -0.0330. The van der Waals surface area contributed by atoms with Crippen molar-refractivity contribution in [1.82, 2.24) is 29.9 Å². The molecule has 1 amide bonds. The first-order chi connectivity index (χ1) is 15.5. The number of aryl methyl sites for hydroxylation is 1. The molecular weight excluding hydrogens is 410 g/mol. The SMILES string of the molecule is COc1ccc([C@H]2COC[C@@H](C)N2C(=O)c2ccc3nc(N)c4c(cnn4C)c3c2)nn1. The lowest BCUT2D eigenvalue weighted by Crippen LogP contribution is -2.49. The number of fused-ring (bicyclic) bond motifs is 3. The predicted octanol–water partition coefficient (Wildman–Crippen LogP) is 2.10. The third-order valence-electron chi connectivity index (χ3n) is 5.85. The number of anilines is 1. The van der Waals surface area contributed by atoms with Crippen LogP contribution in [0.25, 0.3) is 21.8 Å². The highest BCUT2D eigenvalue weighted by atomic mass is 16.5. The highest BCUT2D eigenvalue weighted by molar-refractivity contribution is 6.10. The number of nitrogen functional groups attached to an aromatic ring is 1. The van der Waals surface area contributed by atoms with E-state index < -0.39 is 0 Å². The molecule has 164 valence electrons. The Balaban J connectivity index is 1.57. The van der Waals surface area contributed by atoms with Crippen LogP contribution in [0.1, 0.15) is 29.0 Å². The van der Waals surface area contributed by atoms with Crippen molar-refractivity contribution < 1.29 is 14.3 Å². The zero-order valence-corrected chi connectivity index (χ0v) is 18.0. The van der Waals surface area contributed by atoms with E-state index in [1.54, 1.807) is 23.0 Å². The average molecular weight is 433 g/mol. The highest BCUT2D eigenvalue weighted by Gasteiger charge is 2.35. The molecule has 32 heavy (non-hydrogen) atoms. The number of carbonyl (C=O) groups is 1. The van der Waals surface area contributed by atoms with Crippen LogP contribution in [0.2, 0.25) is 0 Å². The summed E-state index contributed by atoms with van der Waals surface area (Å²) >= 11 is 0. The molecule has 2 atom stereocenters. The number of rotatable bonds is 3. The fraction of sp³-hybridized carbons (Fsp3) is 0.318. The predicted molar refractivity (Wildman–Crippen MR) is 118 cm³/mol. The molecule has 10 nitrogen and oxygen atoms in total. The summed E-state index contributed by atoms with van der Waals surface area (Å²) in [6.07, 6.45) is 1.75. The van der Waals surface area contributed by atoms with E-state index in [2.05, 4.69) is 20.3 Å². The number of carbonyl (C=O) groups excluding carboxylic acids is 1. The number of pyridine rings is 1. The third kappa shape index (κ3) is 3.19. The van der Waals surface area contributed by atoms with Gasteiger partial charge in [0.15, 0.2) is 0 Å². The molecule has 1 aliphatic rings. The van der Waals surface area contributed by atoms with Gasteiger partial charge in [-0.2, -0.15) is 5.10 Å². The Morgan fingerprint density at radius 2 is 2.03 bits per heavy atom. The van der Waals surface area contributed by atoms with Gasteiger partial charge in [0.1, 0.15) is 11.3 Å². The Bertz CT molecular complexity index is 1320. The molecule has 3 aromatic heterocycles. The minimum atomic E-state index is -0.358. The topological polar surface area (TPSA) is 121 Å². The summed E-state index contributed by atoms with van der Waals surface area (Å²) in [7, 11) is 3.35. The van der Waals surface area contributed by atoms with Crippen LogP contribution in [0.4, 0.5) is 5.82 Å². The number of hydrogen-bond donors (Lipinski definition) is 1. The van der Waals surface area contributed by atoms with Gasteiger partial charge in [-0.15, -0.1) is 10.2 Å².